The fraction of sp³-hybridized carbons (Fsp3) is 0.125. The number of halogens is 1. The minimum atomic E-state index is -0.0896. The first kappa shape index (κ1) is 9.03. The molecule has 1 aromatic heterocycles. The van der Waals surface area contributed by atoms with Gasteiger partial charge in [-0.25, -0.2) is 4.98 Å². The van der Waals surface area contributed by atoms with Gasteiger partial charge in [0.2, 0.25) is 0 Å². The molecular formula is C8H8ClNO2. The van der Waals surface area contributed by atoms with Crippen LogP contribution in [0.1, 0.15) is 5.69 Å². The van der Waals surface area contributed by atoms with Crippen molar-refractivity contribution in [2.75, 3.05) is 6.61 Å². The summed E-state index contributed by atoms with van der Waals surface area (Å²) in [6, 6.07) is 2.94. The smallest absolute Gasteiger partial charge is 0.141 e. The van der Waals surface area contributed by atoms with Gasteiger partial charge in [0, 0.05) is 0 Å². The highest BCUT2D eigenvalue weighted by atomic mass is 35.5. The van der Waals surface area contributed by atoms with Crippen LogP contribution < -0.4 is 0 Å². The number of aliphatic hydroxyl groups is 1. The molecule has 64 valence electrons. The monoisotopic (exact) mass is 185 g/mol. The maximum absolute atomic E-state index is 9.21. The maximum Gasteiger partial charge on any atom is 0.141 e. The van der Waals surface area contributed by atoms with Crippen molar-refractivity contribution in [3.8, 4) is 5.75 Å². The third-order valence-corrected chi connectivity index (χ3v) is 1.46. The first-order valence-corrected chi connectivity index (χ1v) is 3.74. The standard InChI is InChI=1S/C8H8ClNO2/c9-8-4-3-7(12)6(10-8)2-1-5-11/h1-4,11-12H,5H2. The lowest BCUT2D eigenvalue weighted by Gasteiger charge is -1.97. The van der Waals surface area contributed by atoms with Gasteiger partial charge >= 0.3 is 0 Å². The molecule has 0 radical (unpaired) electrons. The lowest BCUT2D eigenvalue weighted by Crippen LogP contribution is -1.82. The zero-order valence-electron chi connectivity index (χ0n) is 6.24. The molecule has 0 aliphatic rings. The van der Waals surface area contributed by atoms with E-state index in [4.69, 9.17) is 16.7 Å². The molecular weight excluding hydrogens is 178 g/mol. The van der Waals surface area contributed by atoms with E-state index in [-0.39, 0.29) is 12.4 Å². The highest BCUT2D eigenvalue weighted by Gasteiger charge is 1.98. The van der Waals surface area contributed by atoms with Crippen molar-refractivity contribution in [1.29, 1.82) is 0 Å². The van der Waals surface area contributed by atoms with Gasteiger partial charge in [-0.2, -0.15) is 0 Å². The maximum atomic E-state index is 9.21. The fourth-order valence-electron chi connectivity index (χ4n) is 0.730. The number of aliphatic hydroxyl groups excluding tert-OH is 1. The Morgan fingerprint density at radius 3 is 2.92 bits per heavy atom. The van der Waals surface area contributed by atoms with Crippen molar-refractivity contribution in [2.24, 2.45) is 0 Å². The lowest BCUT2D eigenvalue weighted by atomic mass is 10.3. The van der Waals surface area contributed by atoms with Crippen LogP contribution in [-0.4, -0.2) is 21.8 Å². The zero-order chi connectivity index (χ0) is 8.97. The largest absolute Gasteiger partial charge is 0.506 e. The molecule has 0 saturated heterocycles. The van der Waals surface area contributed by atoms with Gasteiger partial charge in [-0.1, -0.05) is 17.7 Å². The minimum Gasteiger partial charge on any atom is -0.506 e. The second-order valence-electron chi connectivity index (χ2n) is 2.12. The van der Waals surface area contributed by atoms with Gasteiger partial charge in [-0.15, -0.1) is 0 Å². The van der Waals surface area contributed by atoms with E-state index in [1.165, 1.54) is 24.3 Å². The normalized spacial score (nSPS) is 10.8. The highest BCUT2D eigenvalue weighted by Crippen LogP contribution is 2.18. The Labute approximate surface area is 74.9 Å². The second kappa shape index (κ2) is 4.09. The summed E-state index contributed by atoms with van der Waals surface area (Å²) in [5.41, 5.74) is 0.358. The van der Waals surface area contributed by atoms with Crippen LogP contribution in [0.4, 0.5) is 0 Å². The van der Waals surface area contributed by atoms with Crippen LogP contribution in [0.5, 0.6) is 5.75 Å². The minimum absolute atomic E-state index is 0.0455. The molecule has 0 bridgehead atoms. The van der Waals surface area contributed by atoms with Crippen LogP contribution in [-0.2, 0) is 0 Å². The van der Waals surface area contributed by atoms with E-state index in [0.717, 1.165) is 0 Å². The van der Waals surface area contributed by atoms with E-state index in [1.807, 2.05) is 0 Å². The summed E-state index contributed by atoms with van der Waals surface area (Å²) in [5, 5.41) is 18.0. The van der Waals surface area contributed by atoms with E-state index >= 15 is 0 Å². The number of aromatic nitrogens is 1. The van der Waals surface area contributed by atoms with Crippen molar-refractivity contribution in [3.63, 3.8) is 0 Å². The van der Waals surface area contributed by atoms with Crippen LogP contribution in [0.2, 0.25) is 5.15 Å². The van der Waals surface area contributed by atoms with Crippen molar-refractivity contribution in [1.82, 2.24) is 4.98 Å². The summed E-state index contributed by atoms with van der Waals surface area (Å²) in [6.45, 7) is -0.0896. The molecule has 0 aliphatic heterocycles. The molecule has 12 heavy (non-hydrogen) atoms. The Morgan fingerprint density at radius 1 is 1.50 bits per heavy atom. The third kappa shape index (κ3) is 2.22. The lowest BCUT2D eigenvalue weighted by molar-refractivity contribution is 0.343. The Morgan fingerprint density at radius 2 is 2.25 bits per heavy atom. The molecule has 3 nitrogen and oxygen atoms in total. The molecule has 0 aliphatic carbocycles. The molecule has 4 heteroatoms. The Hall–Kier alpha value is -1.06. The Balaban J connectivity index is 2.97. The highest BCUT2D eigenvalue weighted by molar-refractivity contribution is 6.29. The van der Waals surface area contributed by atoms with E-state index in [9.17, 15) is 5.11 Å². The summed E-state index contributed by atoms with van der Waals surface area (Å²) in [5.74, 6) is 0.0455. The molecule has 0 saturated carbocycles. The number of rotatable bonds is 2. The van der Waals surface area contributed by atoms with Gasteiger partial charge in [0.05, 0.1) is 6.61 Å². The second-order valence-corrected chi connectivity index (χ2v) is 2.51. The predicted molar refractivity (Wildman–Crippen MR) is 47.0 cm³/mol. The number of hydrogen-bond donors (Lipinski definition) is 2. The molecule has 0 atom stereocenters. The topological polar surface area (TPSA) is 53.4 Å². The van der Waals surface area contributed by atoms with Crippen molar-refractivity contribution >= 4 is 17.7 Å². The SMILES string of the molecule is OCC=Cc1nc(Cl)ccc1O. The molecule has 0 spiro atoms. The van der Waals surface area contributed by atoms with E-state index < -0.39 is 0 Å². The number of hydrogen-bond acceptors (Lipinski definition) is 3. The van der Waals surface area contributed by atoms with E-state index in [2.05, 4.69) is 4.98 Å². The zero-order valence-corrected chi connectivity index (χ0v) is 6.99. The predicted octanol–water partition coefficient (Wildman–Crippen LogP) is 1.45. The van der Waals surface area contributed by atoms with Crippen LogP contribution in [0.3, 0.4) is 0 Å². The molecule has 0 fully saturated rings. The molecule has 0 aromatic carbocycles. The van der Waals surface area contributed by atoms with Crippen LogP contribution in [0.25, 0.3) is 6.08 Å². The molecule has 0 amide bonds. The molecule has 1 heterocycles. The molecule has 0 unspecified atom stereocenters. The summed E-state index contributed by atoms with van der Waals surface area (Å²) < 4.78 is 0. The van der Waals surface area contributed by atoms with Crippen molar-refractivity contribution < 1.29 is 10.2 Å². The Bertz CT molecular complexity index is 299. The summed E-state index contributed by atoms with van der Waals surface area (Å²) in [6.07, 6.45) is 2.97. The fourth-order valence-corrected chi connectivity index (χ4v) is 0.884. The van der Waals surface area contributed by atoms with E-state index in [0.29, 0.717) is 10.8 Å². The van der Waals surface area contributed by atoms with Gasteiger partial charge in [-0.05, 0) is 18.2 Å². The van der Waals surface area contributed by atoms with Gasteiger partial charge in [0.1, 0.15) is 16.6 Å². The summed E-state index contributed by atoms with van der Waals surface area (Å²) >= 11 is 5.58. The average molecular weight is 186 g/mol. The molecule has 1 aromatic rings. The number of pyridine rings is 1. The van der Waals surface area contributed by atoms with Crippen molar-refractivity contribution in [2.45, 2.75) is 0 Å². The van der Waals surface area contributed by atoms with Gasteiger partial charge < -0.3 is 10.2 Å². The summed E-state index contributed by atoms with van der Waals surface area (Å²) in [4.78, 5) is 3.83. The average Bonchev–Trinajstić information content (AvgIpc) is 2.07. The van der Waals surface area contributed by atoms with Crippen LogP contribution in [0, 0.1) is 0 Å². The first-order chi connectivity index (χ1) is 5.74. The van der Waals surface area contributed by atoms with Gasteiger partial charge in [-0.3, -0.25) is 0 Å². The number of nitrogens with zero attached hydrogens (tertiary/aromatic N) is 1. The van der Waals surface area contributed by atoms with Crippen LogP contribution in [0.15, 0.2) is 18.2 Å². The van der Waals surface area contributed by atoms with Gasteiger partial charge in [0.15, 0.2) is 0 Å². The first-order valence-electron chi connectivity index (χ1n) is 3.37. The number of aromatic hydroxyl groups is 1. The van der Waals surface area contributed by atoms with Gasteiger partial charge in [0.25, 0.3) is 0 Å². The third-order valence-electron chi connectivity index (χ3n) is 1.25. The Kier molecular flexibility index (Phi) is 3.08. The van der Waals surface area contributed by atoms with Crippen molar-refractivity contribution in [3.05, 3.63) is 29.1 Å². The quantitative estimate of drug-likeness (QED) is 0.686. The molecule has 1 rings (SSSR count). The summed E-state index contributed by atoms with van der Waals surface area (Å²) in [7, 11) is 0. The molecule has 2 N–H and O–H groups in total. The van der Waals surface area contributed by atoms with Crippen LogP contribution >= 0.6 is 11.6 Å². The van der Waals surface area contributed by atoms with E-state index in [1.54, 1.807) is 0 Å².